The summed E-state index contributed by atoms with van der Waals surface area (Å²) in [6.07, 6.45) is 0.00279. The van der Waals surface area contributed by atoms with Gasteiger partial charge in [0, 0.05) is 24.4 Å². The maximum Gasteiger partial charge on any atom is 0.271 e. The minimum atomic E-state index is -0.411. The average molecular weight is 238 g/mol. The van der Waals surface area contributed by atoms with E-state index in [1.807, 2.05) is 0 Å². The van der Waals surface area contributed by atoms with Gasteiger partial charge in [-0.25, -0.2) is 0 Å². The summed E-state index contributed by atoms with van der Waals surface area (Å²) in [5.74, 6) is 0. The Balaban J connectivity index is 1.89. The molecule has 1 heterocycles. The summed E-state index contributed by atoms with van der Waals surface area (Å²) in [7, 11) is 0. The van der Waals surface area contributed by atoms with Crippen molar-refractivity contribution in [2.45, 2.75) is 6.10 Å². The Hall–Kier alpha value is -1.66. The Morgan fingerprint density at radius 1 is 1.47 bits per heavy atom. The molecule has 1 atom stereocenters. The zero-order chi connectivity index (χ0) is 12.1. The average Bonchev–Trinajstić information content (AvgIpc) is 2.38. The molecule has 0 saturated carbocycles. The third-order valence-electron chi connectivity index (χ3n) is 2.48. The highest BCUT2D eigenvalue weighted by Gasteiger charge is 2.14. The van der Waals surface area contributed by atoms with E-state index >= 15 is 0 Å². The molecule has 0 spiro atoms. The van der Waals surface area contributed by atoms with Gasteiger partial charge in [-0.3, -0.25) is 10.1 Å². The molecule has 0 aliphatic carbocycles. The molecule has 0 amide bonds. The number of nitrogens with one attached hydrogen (secondary N) is 1. The molecule has 6 heteroatoms. The summed E-state index contributed by atoms with van der Waals surface area (Å²) in [4.78, 5) is 10.2. The van der Waals surface area contributed by atoms with Gasteiger partial charge < -0.3 is 14.8 Å². The summed E-state index contributed by atoms with van der Waals surface area (Å²) in [5, 5.41) is 13.7. The first-order chi connectivity index (χ1) is 8.25. The quantitative estimate of drug-likeness (QED) is 0.634. The van der Waals surface area contributed by atoms with Gasteiger partial charge in [-0.1, -0.05) is 6.07 Å². The largest absolute Gasteiger partial charge is 0.382 e. The second-order valence-electron chi connectivity index (χ2n) is 3.76. The number of nitro groups is 1. The van der Waals surface area contributed by atoms with Crippen LogP contribution in [0, 0.1) is 10.1 Å². The normalized spacial score (nSPS) is 19.9. The molecule has 1 aliphatic heterocycles. The molecule has 1 aromatic rings. The van der Waals surface area contributed by atoms with E-state index in [2.05, 4.69) is 5.32 Å². The van der Waals surface area contributed by atoms with Crippen LogP contribution in [-0.2, 0) is 9.47 Å². The van der Waals surface area contributed by atoms with Crippen molar-refractivity contribution >= 4 is 11.4 Å². The minimum absolute atomic E-state index is 0.00279. The Morgan fingerprint density at radius 2 is 2.35 bits per heavy atom. The van der Waals surface area contributed by atoms with Crippen LogP contribution in [0.5, 0.6) is 0 Å². The molecule has 6 nitrogen and oxygen atoms in total. The van der Waals surface area contributed by atoms with E-state index in [9.17, 15) is 10.1 Å². The summed E-state index contributed by atoms with van der Waals surface area (Å²) in [6, 6.07) is 6.41. The number of rotatable bonds is 4. The van der Waals surface area contributed by atoms with Crippen LogP contribution < -0.4 is 5.32 Å². The highest BCUT2D eigenvalue weighted by Crippen LogP contribution is 2.17. The molecule has 92 valence electrons. The van der Waals surface area contributed by atoms with Gasteiger partial charge in [0.2, 0.25) is 0 Å². The summed E-state index contributed by atoms with van der Waals surface area (Å²) in [5.41, 5.74) is 0.796. The summed E-state index contributed by atoms with van der Waals surface area (Å²) in [6.45, 7) is 2.37. The zero-order valence-corrected chi connectivity index (χ0v) is 9.30. The molecule has 2 rings (SSSR count). The molecule has 1 N–H and O–H groups in total. The number of anilines is 1. The third-order valence-corrected chi connectivity index (χ3v) is 2.48. The van der Waals surface area contributed by atoms with Crippen molar-refractivity contribution < 1.29 is 14.4 Å². The van der Waals surface area contributed by atoms with Gasteiger partial charge >= 0.3 is 0 Å². The van der Waals surface area contributed by atoms with Crippen molar-refractivity contribution in [1.82, 2.24) is 0 Å². The number of nitro benzene ring substituents is 1. The van der Waals surface area contributed by atoms with Crippen LogP contribution in [0.25, 0.3) is 0 Å². The standard InChI is InChI=1S/C11H14N2O4/c14-13(15)10-3-1-2-9(6-10)12-7-11-8-16-4-5-17-11/h1-3,6,11-12H,4-5,7-8H2. The van der Waals surface area contributed by atoms with Crippen LogP contribution in [0.3, 0.4) is 0 Å². The Labute approximate surface area is 98.7 Å². The molecule has 1 aromatic carbocycles. The van der Waals surface area contributed by atoms with Crippen molar-refractivity contribution in [3.63, 3.8) is 0 Å². The lowest BCUT2D eigenvalue weighted by Crippen LogP contribution is -2.34. The third kappa shape index (κ3) is 3.40. The second-order valence-corrected chi connectivity index (χ2v) is 3.76. The van der Waals surface area contributed by atoms with Crippen molar-refractivity contribution in [2.75, 3.05) is 31.7 Å². The van der Waals surface area contributed by atoms with Crippen LogP contribution in [0.15, 0.2) is 24.3 Å². The maximum atomic E-state index is 10.6. The molecule has 1 fully saturated rings. The van der Waals surface area contributed by atoms with Crippen molar-refractivity contribution in [2.24, 2.45) is 0 Å². The van der Waals surface area contributed by atoms with E-state index in [0.29, 0.717) is 32.1 Å². The number of benzene rings is 1. The highest BCUT2D eigenvalue weighted by molar-refractivity contribution is 5.50. The predicted molar refractivity (Wildman–Crippen MR) is 62.1 cm³/mol. The summed E-state index contributed by atoms with van der Waals surface area (Å²) >= 11 is 0. The monoisotopic (exact) mass is 238 g/mol. The van der Waals surface area contributed by atoms with Crippen molar-refractivity contribution in [1.29, 1.82) is 0 Å². The van der Waals surface area contributed by atoms with Crippen LogP contribution in [0.4, 0.5) is 11.4 Å². The molecule has 0 aromatic heterocycles. The fourth-order valence-electron chi connectivity index (χ4n) is 1.62. The first-order valence-electron chi connectivity index (χ1n) is 5.43. The van der Waals surface area contributed by atoms with Crippen LogP contribution >= 0.6 is 0 Å². The molecule has 1 aliphatic rings. The fourth-order valence-corrected chi connectivity index (χ4v) is 1.62. The van der Waals surface area contributed by atoms with E-state index in [1.54, 1.807) is 12.1 Å². The lowest BCUT2D eigenvalue weighted by Gasteiger charge is -2.23. The molecule has 1 unspecified atom stereocenters. The van der Waals surface area contributed by atoms with Crippen molar-refractivity contribution in [3.8, 4) is 0 Å². The van der Waals surface area contributed by atoms with Gasteiger partial charge in [-0.2, -0.15) is 0 Å². The Kier molecular flexibility index (Phi) is 3.89. The van der Waals surface area contributed by atoms with E-state index in [4.69, 9.17) is 9.47 Å². The van der Waals surface area contributed by atoms with Crippen LogP contribution in [-0.4, -0.2) is 37.4 Å². The molecule has 0 radical (unpaired) electrons. The first-order valence-corrected chi connectivity index (χ1v) is 5.43. The fraction of sp³-hybridized carbons (Fsp3) is 0.455. The van der Waals surface area contributed by atoms with Gasteiger partial charge in [0.25, 0.3) is 5.69 Å². The number of hydrogen-bond acceptors (Lipinski definition) is 5. The van der Waals surface area contributed by atoms with Gasteiger partial charge in [-0.05, 0) is 6.07 Å². The van der Waals surface area contributed by atoms with Gasteiger partial charge in [-0.15, -0.1) is 0 Å². The minimum Gasteiger partial charge on any atom is -0.382 e. The number of non-ortho nitro benzene ring substituents is 1. The molecule has 17 heavy (non-hydrogen) atoms. The topological polar surface area (TPSA) is 73.6 Å². The van der Waals surface area contributed by atoms with E-state index < -0.39 is 4.92 Å². The lowest BCUT2D eigenvalue weighted by atomic mass is 10.2. The molecular formula is C11H14N2O4. The highest BCUT2D eigenvalue weighted by atomic mass is 16.6. The molecule has 0 bridgehead atoms. The maximum absolute atomic E-state index is 10.6. The van der Waals surface area contributed by atoms with Crippen molar-refractivity contribution in [3.05, 3.63) is 34.4 Å². The zero-order valence-electron chi connectivity index (χ0n) is 9.30. The van der Waals surface area contributed by atoms with Gasteiger partial charge in [0.1, 0.15) is 0 Å². The number of hydrogen-bond donors (Lipinski definition) is 1. The predicted octanol–water partition coefficient (Wildman–Crippen LogP) is 1.42. The molecular weight excluding hydrogens is 224 g/mol. The Bertz CT molecular complexity index is 391. The first kappa shape index (κ1) is 11.8. The Morgan fingerprint density at radius 3 is 3.06 bits per heavy atom. The second kappa shape index (κ2) is 5.60. The van der Waals surface area contributed by atoms with Gasteiger partial charge in [0.15, 0.2) is 0 Å². The number of nitrogens with zero attached hydrogens (tertiary/aromatic N) is 1. The summed E-state index contributed by atoms with van der Waals surface area (Å²) < 4.78 is 10.7. The van der Waals surface area contributed by atoms with Gasteiger partial charge in [0.05, 0.1) is 30.8 Å². The SMILES string of the molecule is O=[N+]([O-])c1cccc(NCC2COCCO2)c1. The van der Waals surface area contributed by atoms with E-state index in [-0.39, 0.29) is 11.8 Å². The molecule has 1 saturated heterocycles. The smallest absolute Gasteiger partial charge is 0.271 e. The number of ether oxygens (including phenoxy) is 2. The van der Waals surface area contributed by atoms with E-state index in [1.165, 1.54) is 12.1 Å². The van der Waals surface area contributed by atoms with Crippen LogP contribution in [0.2, 0.25) is 0 Å². The van der Waals surface area contributed by atoms with E-state index in [0.717, 1.165) is 0 Å². The van der Waals surface area contributed by atoms with Crippen LogP contribution in [0.1, 0.15) is 0 Å². The lowest BCUT2D eigenvalue weighted by molar-refractivity contribution is -0.384.